The molecule has 2 aliphatic rings. The predicted octanol–water partition coefficient (Wildman–Crippen LogP) is 5.28. The SMILES string of the molecule is COc1ccc2[nH]cc(C3CCN(C(=O)C4(c5cccc(Cl)c5)CCOCC4)CC3)c2c1. The Labute approximate surface area is 193 Å². The number of amides is 1. The summed E-state index contributed by atoms with van der Waals surface area (Å²) in [5, 5.41) is 1.89. The molecule has 32 heavy (non-hydrogen) atoms. The number of halogens is 1. The average Bonchev–Trinajstić information content (AvgIpc) is 3.27. The van der Waals surface area contributed by atoms with Crippen LogP contribution in [-0.2, 0) is 14.9 Å². The Morgan fingerprint density at radius 2 is 1.94 bits per heavy atom. The first kappa shape index (κ1) is 21.4. The average molecular weight is 453 g/mol. The molecule has 168 valence electrons. The lowest BCUT2D eigenvalue weighted by Gasteiger charge is -2.42. The molecular weight excluding hydrogens is 424 g/mol. The van der Waals surface area contributed by atoms with Gasteiger partial charge in [0.25, 0.3) is 0 Å². The Hall–Kier alpha value is -2.50. The fourth-order valence-electron chi connectivity index (χ4n) is 5.41. The summed E-state index contributed by atoms with van der Waals surface area (Å²) in [5.41, 5.74) is 2.93. The molecule has 0 bridgehead atoms. The normalized spacial score (nSPS) is 19.2. The minimum absolute atomic E-state index is 0.224. The van der Waals surface area contributed by atoms with Crippen molar-refractivity contribution in [3.05, 3.63) is 64.8 Å². The van der Waals surface area contributed by atoms with Crippen molar-refractivity contribution in [3.63, 3.8) is 0 Å². The smallest absolute Gasteiger partial charge is 0.233 e. The van der Waals surface area contributed by atoms with E-state index in [2.05, 4.69) is 28.2 Å². The zero-order valence-electron chi connectivity index (χ0n) is 18.4. The first-order valence-corrected chi connectivity index (χ1v) is 11.8. The number of aromatic amines is 1. The molecule has 5 rings (SSSR count). The van der Waals surface area contributed by atoms with Crippen molar-refractivity contribution in [2.45, 2.75) is 37.0 Å². The van der Waals surface area contributed by atoms with Gasteiger partial charge in [-0.1, -0.05) is 23.7 Å². The van der Waals surface area contributed by atoms with E-state index in [1.54, 1.807) is 7.11 Å². The second-order valence-corrected chi connectivity index (χ2v) is 9.36. The number of hydrogen-bond acceptors (Lipinski definition) is 3. The van der Waals surface area contributed by atoms with E-state index in [4.69, 9.17) is 21.1 Å². The second-order valence-electron chi connectivity index (χ2n) is 8.93. The van der Waals surface area contributed by atoms with Gasteiger partial charge in [-0.05, 0) is 73.1 Å². The lowest BCUT2D eigenvalue weighted by molar-refractivity contribution is -0.142. The van der Waals surface area contributed by atoms with Crippen molar-refractivity contribution in [1.82, 2.24) is 9.88 Å². The van der Waals surface area contributed by atoms with E-state index in [0.29, 0.717) is 37.0 Å². The maximum atomic E-state index is 13.9. The van der Waals surface area contributed by atoms with Crippen LogP contribution in [0.4, 0.5) is 0 Å². The molecule has 0 aliphatic carbocycles. The van der Waals surface area contributed by atoms with E-state index in [1.807, 2.05) is 30.3 Å². The highest BCUT2D eigenvalue weighted by molar-refractivity contribution is 6.30. The summed E-state index contributed by atoms with van der Waals surface area (Å²) in [6, 6.07) is 14.0. The van der Waals surface area contributed by atoms with Gasteiger partial charge < -0.3 is 19.4 Å². The van der Waals surface area contributed by atoms with Gasteiger partial charge in [0.1, 0.15) is 5.75 Å². The number of methoxy groups -OCH3 is 1. The van der Waals surface area contributed by atoms with Gasteiger partial charge >= 0.3 is 0 Å². The van der Waals surface area contributed by atoms with Gasteiger partial charge in [0.05, 0.1) is 12.5 Å². The number of rotatable bonds is 4. The molecule has 5 nitrogen and oxygen atoms in total. The van der Waals surface area contributed by atoms with E-state index in [-0.39, 0.29) is 5.91 Å². The molecule has 2 fully saturated rings. The molecular formula is C26H29ClN2O3. The molecule has 1 N–H and O–H groups in total. The van der Waals surface area contributed by atoms with E-state index >= 15 is 0 Å². The summed E-state index contributed by atoms with van der Waals surface area (Å²) in [6.45, 7) is 2.74. The number of carbonyl (C=O) groups is 1. The molecule has 0 unspecified atom stereocenters. The predicted molar refractivity (Wildman–Crippen MR) is 127 cm³/mol. The second kappa shape index (κ2) is 8.80. The first-order valence-electron chi connectivity index (χ1n) is 11.4. The van der Waals surface area contributed by atoms with Gasteiger partial charge in [0.15, 0.2) is 0 Å². The van der Waals surface area contributed by atoms with Crippen LogP contribution >= 0.6 is 11.6 Å². The lowest BCUT2D eigenvalue weighted by atomic mass is 9.72. The van der Waals surface area contributed by atoms with Crippen LogP contribution < -0.4 is 4.74 Å². The molecule has 0 spiro atoms. The zero-order chi connectivity index (χ0) is 22.1. The van der Waals surface area contributed by atoms with Gasteiger partial charge in [-0.3, -0.25) is 4.79 Å². The van der Waals surface area contributed by atoms with Gasteiger partial charge in [-0.15, -0.1) is 0 Å². The number of benzene rings is 2. The molecule has 2 aromatic carbocycles. The standard InChI is InChI=1S/C26H29ClN2O3/c1-31-21-5-6-24-22(16-21)23(17-28-24)18-7-11-29(12-8-18)25(30)26(9-13-32-14-10-26)19-3-2-4-20(27)15-19/h2-6,15-18,28H,7-14H2,1H3. The van der Waals surface area contributed by atoms with Crippen LogP contribution in [0, 0.1) is 0 Å². The molecule has 1 amide bonds. The third-order valence-corrected chi connectivity index (χ3v) is 7.51. The van der Waals surface area contributed by atoms with Crippen LogP contribution in [0.1, 0.15) is 42.7 Å². The molecule has 2 aliphatic heterocycles. The largest absolute Gasteiger partial charge is 0.497 e. The van der Waals surface area contributed by atoms with Gasteiger partial charge in [0.2, 0.25) is 5.91 Å². The number of likely N-dealkylation sites (tertiary alicyclic amines) is 1. The fraction of sp³-hybridized carbons (Fsp3) is 0.423. The van der Waals surface area contributed by atoms with Crippen molar-refractivity contribution in [3.8, 4) is 5.75 Å². The summed E-state index contributed by atoms with van der Waals surface area (Å²) in [7, 11) is 1.70. The summed E-state index contributed by atoms with van der Waals surface area (Å²) in [6.07, 6.45) is 5.44. The highest BCUT2D eigenvalue weighted by Gasteiger charge is 2.44. The highest BCUT2D eigenvalue weighted by atomic mass is 35.5. The van der Waals surface area contributed by atoms with E-state index in [9.17, 15) is 4.79 Å². The molecule has 0 atom stereocenters. The first-order chi connectivity index (χ1) is 15.6. The van der Waals surface area contributed by atoms with Crippen molar-refractivity contribution in [1.29, 1.82) is 0 Å². The van der Waals surface area contributed by atoms with E-state index in [1.165, 1.54) is 10.9 Å². The number of hydrogen-bond donors (Lipinski definition) is 1. The van der Waals surface area contributed by atoms with Crippen molar-refractivity contribution in [2.24, 2.45) is 0 Å². The van der Waals surface area contributed by atoms with Crippen LogP contribution in [0.3, 0.4) is 0 Å². The fourth-order valence-corrected chi connectivity index (χ4v) is 5.60. The Balaban J connectivity index is 1.36. The Kier molecular flexibility index (Phi) is 5.87. The summed E-state index contributed by atoms with van der Waals surface area (Å²) in [4.78, 5) is 19.3. The number of nitrogens with one attached hydrogen (secondary N) is 1. The van der Waals surface area contributed by atoms with Gasteiger partial charge in [0, 0.05) is 48.4 Å². The van der Waals surface area contributed by atoms with Crippen LogP contribution in [0.15, 0.2) is 48.7 Å². The number of fused-ring (bicyclic) bond motifs is 1. The van der Waals surface area contributed by atoms with Crippen LogP contribution in [0.5, 0.6) is 5.75 Å². The van der Waals surface area contributed by atoms with Crippen LogP contribution in [-0.4, -0.2) is 49.2 Å². The van der Waals surface area contributed by atoms with Gasteiger partial charge in [-0.2, -0.15) is 0 Å². The number of H-pyrrole nitrogens is 1. The monoisotopic (exact) mass is 452 g/mol. The third-order valence-electron chi connectivity index (χ3n) is 7.28. The van der Waals surface area contributed by atoms with Gasteiger partial charge in [-0.25, -0.2) is 0 Å². The lowest BCUT2D eigenvalue weighted by Crippen LogP contribution is -2.51. The summed E-state index contributed by atoms with van der Waals surface area (Å²) in [5.74, 6) is 1.52. The Bertz CT molecular complexity index is 1110. The van der Waals surface area contributed by atoms with Crippen molar-refractivity contribution >= 4 is 28.4 Å². The summed E-state index contributed by atoms with van der Waals surface area (Å²) < 4.78 is 11.0. The minimum Gasteiger partial charge on any atom is -0.497 e. The van der Waals surface area contributed by atoms with Crippen molar-refractivity contribution in [2.75, 3.05) is 33.4 Å². The minimum atomic E-state index is -0.538. The molecule has 1 aromatic heterocycles. The number of piperidine rings is 1. The molecule has 0 radical (unpaired) electrons. The number of aromatic nitrogens is 1. The maximum absolute atomic E-state index is 13.9. The molecule has 0 saturated carbocycles. The zero-order valence-corrected chi connectivity index (χ0v) is 19.2. The number of carbonyl (C=O) groups excluding carboxylic acids is 1. The van der Waals surface area contributed by atoms with Crippen LogP contribution in [0.2, 0.25) is 5.02 Å². The van der Waals surface area contributed by atoms with E-state index < -0.39 is 5.41 Å². The summed E-state index contributed by atoms with van der Waals surface area (Å²) >= 11 is 6.29. The Morgan fingerprint density at radius 3 is 2.66 bits per heavy atom. The molecule has 3 heterocycles. The third kappa shape index (κ3) is 3.78. The molecule has 2 saturated heterocycles. The topological polar surface area (TPSA) is 54.6 Å². The number of ether oxygens (including phenoxy) is 2. The quantitative estimate of drug-likeness (QED) is 0.585. The molecule has 3 aromatic rings. The Morgan fingerprint density at radius 1 is 1.16 bits per heavy atom. The maximum Gasteiger partial charge on any atom is 0.233 e. The van der Waals surface area contributed by atoms with Crippen LogP contribution in [0.25, 0.3) is 10.9 Å². The highest BCUT2D eigenvalue weighted by Crippen LogP contribution is 2.40. The van der Waals surface area contributed by atoms with E-state index in [0.717, 1.165) is 42.8 Å². The number of nitrogens with zero attached hydrogens (tertiary/aromatic N) is 1. The van der Waals surface area contributed by atoms with Crippen molar-refractivity contribution < 1.29 is 14.3 Å². The molecule has 6 heteroatoms.